The summed E-state index contributed by atoms with van der Waals surface area (Å²) in [6, 6.07) is 23.5. The van der Waals surface area contributed by atoms with E-state index < -0.39 is 0 Å². The fourth-order valence-electron chi connectivity index (χ4n) is 4.17. The van der Waals surface area contributed by atoms with Crippen LogP contribution < -0.4 is 10.1 Å². The molecule has 0 spiro atoms. The van der Waals surface area contributed by atoms with Gasteiger partial charge in [0, 0.05) is 23.7 Å². The molecule has 3 aromatic carbocycles. The first-order chi connectivity index (χ1) is 13.6. The standard InChI is InChI=1S/C23H22N2O3/c1-15-22(16-8-11-19(28-2)12-9-16)20-13-10-18(25(26)27)14-21(20)24-23(15)17-6-4-3-5-7-17/h3-15,22-24H,1-2H3/t15-,22+,23-/m0/s1. The Morgan fingerprint density at radius 1 is 0.964 bits per heavy atom. The summed E-state index contributed by atoms with van der Waals surface area (Å²) in [6.45, 7) is 2.23. The second-order valence-corrected chi connectivity index (χ2v) is 7.17. The Hall–Kier alpha value is -3.34. The molecule has 5 heteroatoms. The molecule has 4 rings (SSSR count). The molecule has 0 bridgehead atoms. The van der Waals surface area contributed by atoms with Crippen LogP contribution in [-0.4, -0.2) is 12.0 Å². The van der Waals surface area contributed by atoms with Gasteiger partial charge in [-0.1, -0.05) is 49.4 Å². The van der Waals surface area contributed by atoms with E-state index in [1.165, 1.54) is 11.1 Å². The molecule has 1 aliphatic rings. The van der Waals surface area contributed by atoms with Gasteiger partial charge in [-0.25, -0.2) is 0 Å². The molecule has 1 N–H and O–H groups in total. The van der Waals surface area contributed by atoms with Crippen molar-refractivity contribution in [2.75, 3.05) is 12.4 Å². The van der Waals surface area contributed by atoms with Crippen molar-refractivity contribution in [2.45, 2.75) is 18.9 Å². The SMILES string of the molecule is COc1ccc([C@@H]2c3ccc([N+](=O)[O-])cc3N[C@H](c3ccccc3)[C@H]2C)cc1. The number of nitro groups is 1. The number of anilines is 1. The van der Waals surface area contributed by atoms with Crippen LogP contribution in [0.2, 0.25) is 0 Å². The maximum Gasteiger partial charge on any atom is 0.271 e. The van der Waals surface area contributed by atoms with Crippen LogP contribution >= 0.6 is 0 Å². The van der Waals surface area contributed by atoms with Gasteiger partial charge in [-0.05, 0) is 40.8 Å². The fraction of sp³-hybridized carbons (Fsp3) is 0.217. The monoisotopic (exact) mass is 374 g/mol. The fourth-order valence-corrected chi connectivity index (χ4v) is 4.17. The molecule has 1 heterocycles. The summed E-state index contributed by atoms with van der Waals surface area (Å²) in [5.41, 5.74) is 4.34. The Kier molecular flexibility index (Phi) is 4.74. The number of hydrogen-bond donors (Lipinski definition) is 1. The number of benzene rings is 3. The van der Waals surface area contributed by atoms with Crippen molar-refractivity contribution in [2.24, 2.45) is 5.92 Å². The number of methoxy groups -OCH3 is 1. The summed E-state index contributed by atoms with van der Waals surface area (Å²) in [5.74, 6) is 1.19. The van der Waals surface area contributed by atoms with Gasteiger partial charge >= 0.3 is 0 Å². The van der Waals surface area contributed by atoms with Gasteiger partial charge in [0.2, 0.25) is 0 Å². The third-order valence-electron chi connectivity index (χ3n) is 5.58. The van der Waals surface area contributed by atoms with Crippen molar-refractivity contribution < 1.29 is 9.66 Å². The summed E-state index contributed by atoms with van der Waals surface area (Å²) in [6.07, 6.45) is 0. The topological polar surface area (TPSA) is 64.4 Å². The van der Waals surface area contributed by atoms with E-state index in [9.17, 15) is 10.1 Å². The molecule has 0 aromatic heterocycles. The predicted molar refractivity (Wildman–Crippen MR) is 110 cm³/mol. The summed E-state index contributed by atoms with van der Waals surface area (Å²) in [4.78, 5) is 10.9. The number of fused-ring (bicyclic) bond motifs is 1. The summed E-state index contributed by atoms with van der Waals surface area (Å²) in [7, 11) is 1.65. The zero-order valence-electron chi connectivity index (χ0n) is 15.8. The second-order valence-electron chi connectivity index (χ2n) is 7.17. The quantitative estimate of drug-likeness (QED) is 0.481. The molecule has 28 heavy (non-hydrogen) atoms. The lowest BCUT2D eigenvalue weighted by Crippen LogP contribution is -2.30. The van der Waals surface area contributed by atoms with Crippen LogP contribution in [0.15, 0.2) is 72.8 Å². The third-order valence-corrected chi connectivity index (χ3v) is 5.58. The number of ether oxygens (including phenoxy) is 1. The highest BCUT2D eigenvalue weighted by Gasteiger charge is 2.36. The molecule has 0 radical (unpaired) electrons. The molecule has 0 fully saturated rings. The highest BCUT2D eigenvalue weighted by molar-refractivity contribution is 5.64. The molecular weight excluding hydrogens is 352 g/mol. The number of nitrogens with zero attached hydrogens (tertiary/aromatic N) is 1. The number of hydrogen-bond acceptors (Lipinski definition) is 4. The zero-order valence-corrected chi connectivity index (χ0v) is 15.8. The molecule has 0 saturated carbocycles. The first-order valence-electron chi connectivity index (χ1n) is 9.32. The van der Waals surface area contributed by atoms with Gasteiger partial charge in [0.05, 0.1) is 18.1 Å². The Labute approximate surface area is 164 Å². The molecule has 3 atom stereocenters. The van der Waals surface area contributed by atoms with Crippen molar-refractivity contribution in [3.63, 3.8) is 0 Å². The molecule has 0 aliphatic carbocycles. The van der Waals surface area contributed by atoms with Crippen LogP contribution in [0.3, 0.4) is 0 Å². The van der Waals surface area contributed by atoms with E-state index in [-0.39, 0.29) is 28.5 Å². The zero-order chi connectivity index (χ0) is 19.7. The Balaban J connectivity index is 1.84. The van der Waals surface area contributed by atoms with Crippen molar-refractivity contribution in [3.8, 4) is 5.75 Å². The lowest BCUT2D eigenvalue weighted by Gasteiger charge is -2.39. The maximum atomic E-state index is 11.3. The van der Waals surface area contributed by atoms with E-state index in [0.717, 1.165) is 17.0 Å². The van der Waals surface area contributed by atoms with E-state index >= 15 is 0 Å². The predicted octanol–water partition coefficient (Wildman–Crippen LogP) is 5.54. The summed E-state index contributed by atoms with van der Waals surface area (Å²) in [5, 5.41) is 14.8. The number of nitrogens with one attached hydrogen (secondary N) is 1. The second kappa shape index (κ2) is 7.35. The van der Waals surface area contributed by atoms with Crippen LogP contribution in [-0.2, 0) is 0 Å². The summed E-state index contributed by atoms with van der Waals surface area (Å²) < 4.78 is 5.30. The van der Waals surface area contributed by atoms with E-state index in [1.54, 1.807) is 19.2 Å². The van der Waals surface area contributed by atoms with Crippen molar-refractivity contribution >= 4 is 11.4 Å². The maximum absolute atomic E-state index is 11.3. The molecule has 3 aromatic rings. The average Bonchev–Trinajstić information content (AvgIpc) is 2.73. The van der Waals surface area contributed by atoms with E-state index in [2.05, 4.69) is 36.5 Å². The highest BCUT2D eigenvalue weighted by Crippen LogP contribution is 2.48. The van der Waals surface area contributed by atoms with Gasteiger partial charge in [-0.15, -0.1) is 0 Å². The molecular formula is C23H22N2O3. The summed E-state index contributed by atoms with van der Waals surface area (Å²) >= 11 is 0. The van der Waals surface area contributed by atoms with E-state index in [0.29, 0.717) is 0 Å². The largest absolute Gasteiger partial charge is 0.497 e. The van der Waals surface area contributed by atoms with Crippen molar-refractivity contribution in [1.82, 2.24) is 0 Å². The molecule has 5 nitrogen and oxygen atoms in total. The molecule has 0 amide bonds. The minimum absolute atomic E-state index is 0.0582. The van der Waals surface area contributed by atoms with Gasteiger partial charge in [-0.2, -0.15) is 0 Å². The molecule has 142 valence electrons. The average molecular weight is 374 g/mol. The minimum atomic E-state index is -0.347. The first-order valence-corrected chi connectivity index (χ1v) is 9.32. The van der Waals surface area contributed by atoms with Gasteiger partial charge in [-0.3, -0.25) is 10.1 Å². The number of rotatable bonds is 4. The minimum Gasteiger partial charge on any atom is -0.497 e. The van der Waals surface area contributed by atoms with Crippen molar-refractivity contribution in [3.05, 3.63) is 99.6 Å². The van der Waals surface area contributed by atoms with Crippen LogP contribution in [0.5, 0.6) is 5.75 Å². The Morgan fingerprint density at radius 3 is 2.32 bits per heavy atom. The van der Waals surface area contributed by atoms with Gasteiger partial charge < -0.3 is 10.1 Å². The van der Waals surface area contributed by atoms with E-state index in [4.69, 9.17) is 4.74 Å². The third kappa shape index (κ3) is 3.20. The van der Waals surface area contributed by atoms with Crippen LogP contribution in [0.25, 0.3) is 0 Å². The van der Waals surface area contributed by atoms with Crippen molar-refractivity contribution in [1.29, 1.82) is 0 Å². The van der Waals surface area contributed by atoms with E-state index in [1.807, 2.05) is 36.4 Å². The lowest BCUT2D eigenvalue weighted by atomic mass is 9.73. The van der Waals surface area contributed by atoms with Crippen LogP contribution in [0.1, 0.15) is 35.6 Å². The molecule has 0 saturated heterocycles. The Morgan fingerprint density at radius 2 is 1.68 bits per heavy atom. The van der Waals surface area contributed by atoms with Crippen LogP contribution in [0.4, 0.5) is 11.4 Å². The number of nitro benzene ring substituents is 1. The van der Waals surface area contributed by atoms with Gasteiger partial charge in [0.15, 0.2) is 0 Å². The Bertz CT molecular complexity index is 986. The number of non-ortho nitro benzene ring substituents is 1. The highest BCUT2D eigenvalue weighted by atomic mass is 16.6. The van der Waals surface area contributed by atoms with Crippen LogP contribution in [0, 0.1) is 16.0 Å². The van der Waals surface area contributed by atoms with Gasteiger partial charge in [0.1, 0.15) is 5.75 Å². The normalized spacial score (nSPS) is 20.7. The smallest absolute Gasteiger partial charge is 0.271 e. The van der Waals surface area contributed by atoms with Gasteiger partial charge in [0.25, 0.3) is 5.69 Å². The lowest BCUT2D eigenvalue weighted by molar-refractivity contribution is -0.384. The molecule has 1 aliphatic heterocycles. The first kappa shape index (κ1) is 18.0. The molecule has 0 unspecified atom stereocenters.